The van der Waals surface area contributed by atoms with Gasteiger partial charge in [-0.2, -0.15) is 5.10 Å². The van der Waals surface area contributed by atoms with Crippen LogP contribution in [0.25, 0.3) is 5.52 Å². The summed E-state index contributed by atoms with van der Waals surface area (Å²) in [4.78, 5) is 16.0. The maximum atomic E-state index is 12.7. The summed E-state index contributed by atoms with van der Waals surface area (Å²) in [6.07, 6.45) is 3.34. The SMILES string of the molecule is COc1cccn2ncc(C(=O)Nc3ccc(SCCN(C)C)cc3)c12. The monoisotopic (exact) mass is 370 g/mol. The van der Waals surface area contributed by atoms with E-state index in [9.17, 15) is 4.79 Å². The smallest absolute Gasteiger partial charge is 0.259 e. The molecular formula is C19H22N4O2S. The second kappa shape index (κ2) is 8.25. The van der Waals surface area contributed by atoms with Gasteiger partial charge in [0.2, 0.25) is 0 Å². The van der Waals surface area contributed by atoms with Crippen molar-refractivity contribution in [1.29, 1.82) is 0 Å². The van der Waals surface area contributed by atoms with Gasteiger partial charge in [-0.05, 0) is 50.5 Å². The zero-order valence-corrected chi connectivity index (χ0v) is 15.9. The highest BCUT2D eigenvalue weighted by Gasteiger charge is 2.16. The molecule has 0 saturated heterocycles. The van der Waals surface area contributed by atoms with Gasteiger partial charge >= 0.3 is 0 Å². The molecule has 0 unspecified atom stereocenters. The average Bonchev–Trinajstić information content (AvgIpc) is 3.07. The Kier molecular flexibility index (Phi) is 5.80. The number of fused-ring (bicyclic) bond motifs is 1. The Morgan fingerprint density at radius 1 is 1.27 bits per heavy atom. The van der Waals surface area contributed by atoms with Crippen molar-refractivity contribution in [2.75, 3.05) is 38.8 Å². The van der Waals surface area contributed by atoms with Crippen LogP contribution in [-0.2, 0) is 0 Å². The van der Waals surface area contributed by atoms with Gasteiger partial charge in [-0.1, -0.05) is 0 Å². The fraction of sp³-hybridized carbons (Fsp3) is 0.263. The molecule has 1 N–H and O–H groups in total. The van der Waals surface area contributed by atoms with Crippen molar-refractivity contribution in [2.45, 2.75) is 4.90 Å². The number of carbonyl (C=O) groups excluding carboxylic acids is 1. The van der Waals surface area contributed by atoms with Gasteiger partial charge in [-0.3, -0.25) is 4.79 Å². The number of nitrogens with zero attached hydrogens (tertiary/aromatic N) is 3. The average molecular weight is 370 g/mol. The minimum atomic E-state index is -0.211. The van der Waals surface area contributed by atoms with E-state index in [0.29, 0.717) is 16.8 Å². The molecule has 1 amide bonds. The van der Waals surface area contributed by atoms with Crippen LogP contribution < -0.4 is 10.1 Å². The van der Waals surface area contributed by atoms with Crippen molar-refractivity contribution in [3.63, 3.8) is 0 Å². The van der Waals surface area contributed by atoms with Crippen LogP contribution in [0.15, 0.2) is 53.7 Å². The second-order valence-corrected chi connectivity index (χ2v) is 7.23. The molecule has 0 aliphatic heterocycles. The van der Waals surface area contributed by atoms with Crippen molar-refractivity contribution >= 4 is 28.9 Å². The molecule has 136 valence electrons. The normalized spacial score (nSPS) is 11.1. The molecule has 7 heteroatoms. The molecule has 0 aliphatic rings. The second-order valence-electron chi connectivity index (χ2n) is 6.06. The van der Waals surface area contributed by atoms with Gasteiger partial charge in [0, 0.05) is 29.1 Å². The minimum Gasteiger partial charge on any atom is -0.494 e. The predicted octanol–water partition coefficient (Wildman–Crippen LogP) is 3.25. The Bertz CT molecular complexity index is 890. The molecule has 3 rings (SSSR count). The van der Waals surface area contributed by atoms with E-state index in [1.807, 2.05) is 36.4 Å². The molecule has 0 saturated carbocycles. The third-order valence-corrected chi connectivity index (χ3v) is 4.88. The van der Waals surface area contributed by atoms with Crippen LogP contribution in [-0.4, -0.2) is 53.9 Å². The number of pyridine rings is 1. The summed E-state index contributed by atoms with van der Waals surface area (Å²) in [6, 6.07) is 11.5. The maximum absolute atomic E-state index is 12.7. The first kappa shape index (κ1) is 18.3. The lowest BCUT2D eigenvalue weighted by molar-refractivity contribution is 0.102. The van der Waals surface area contributed by atoms with E-state index in [-0.39, 0.29) is 5.91 Å². The highest BCUT2D eigenvalue weighted by Crippen LogP contribution is 2.24. The van der Waals surface area contributed by atoms with E-state index in [1.165, 1.54) is 4.90 Å². The molecule has 2 heterocycles. The molecule has 0 aliphatic carbocycles. The first-order valence-corrected chi connectivity index (χ1v) is 9.26. The zero-order valence-electron chi connectivity index (χ0n) is 15.1. The molecule has 0 radical (unpaired) electrons. The fourth-order valence-corrected chi connectivity index (χ4v) is 3.54. The number of thioether (sulfide) groups is 1. The number of amides is 1. The Hall–Kier alpha value is -2.51. The van der Waals surface area contributed by atoms with Crippen LogP contribution in [0.2, 0.25) is 0 Å². The van der Waals surface area contributed by atoms with Gasteiger partial charge in [-0.15, -0.1) is 11.8 Å². The minimum absolute atomic E-state index is 0.211. The number of anilines is 1. The van der Waals surface area contributed by atoms with E-state index >= 15 is 0 Å². The van der Waals surface area contributed by atoms with Crippen LogP contribution in [0.4, 0.5) is 5.69 Å². The van der Waals surface area contributed by atoms with Crippen molar-refractivity contribution in [2.24, 2.45) is 0 Å². The fourth-order valence-electron chi connectivity index (χ4n) is 2.52. The third kappa shape index (κ3) is 4.17. The Labute approximate surface area is 157 Å². The molecule has 0 atom stereocenters. The molecule has 6 nitrogen and oxygen atoms in total. The molecule has 0 fully saturated rings. The summed E-state index contributed by atoms with van der Waals surface area (Å²) < 4.78 is 6.99. The third-order valence-electron chi connectivity index (χ3n) is 3.89. The quantitative estimate of drug-likeness (QED) is 0.647. The van der Waals surface area contributed by atoms with Crippen LogP contribution in [0.5, 0.6) is 5.75 Å². The predicted molar refractivity (Wildman–Crippen MR) is 105 cm³/mol. The van der Waals surface area contributed by atoms with Gasteiger partial charge in [0.05, 0.1) is 18.9 Å². The van der Waals surface area contributed by atoms with Crippen molar-refractivity contribution in [3.05, 3.63) is 54.4 Å². The van der Waals surface area contributed by atoms with E-state index in [4.69, 9.17) is 4.74 Å². The van der Waals surface area contributed by atoms with Crippen molar-refractivity contribution in [1.82, 2.24) is 14.5 Å². The van der Waals surface area contributed by atoms with Crippen LogP contribution in [0.3, 0.4) is 0 Å². The van der Waals surface area contributed by atoms with Crippen LogP contribution >= 0.6 is 11.8 Å². The van der Waals surface area contributed by atoms with Crippen LogP contribution in [0, 0.1) is 0 Å². The number of nitrogens with one attached hydrogen (secondary N) is 1. The van der Waals surface area contributed by atoms with Crippen molar-refractivity contribution < 1.29 is 9.53 Å². The number of ether oxygens (including phenoxy) is 1. The molecular weight excluding hydrogens is 348 g/mol. The Morgan fingerprint density at radius 3 is 2.73 bits per heavy atom. The lowest BCUT2D eigenvalue weighted by Crippen LogP contribution is -2.14. The molecule has 26 heavy (non-hydrogen) atoms. The Balaban J connectivity index is 1.70. The largest absolute Gasteiger partial charge is 0.494 e. The highest BCUT2D eigenvalue weighted by atomic mass is 32.2. The summed E-state index contributed by atoms with van der Waals surface area (Å²) in [5, 5.41) is 7.14. The lowest BCUT2D eigenvalue weighted by atomic mass is 10.2. The maximum Gasteiger partial charge on any atom is 0.259 e. The van der Waals surface area contributed by atoms with E-state index in [1.54, 1.807) is 35.8 Å². The number of carbonyl (C=O) groups is 1. The number of methoxy groups -OCH3 is 1. The summed E-state index contributed by atoms with van der Waals surface area (Å²) >= 11 is 1.80. The highest BCUT2D eigenvalue weighted by molar-refractivity contribution is 7.99. The first-order chi connectivity index (χ1) is 12.6. The number of aromatic nitrogens is 2. The van der Waals surface area contributed by atoms with E-state index < -0.39 is 0 Å². The molecule has 0 spiro atoms. The van der Waals surface area contributed by atoms with Crippen molar-refractivity contribution in [3.8, 4) is 5.75 Å². The van der Waals surface area contributed by atoms with Crippen LogP contribution in [0.1, 0.15) is 10.4 Å². The summed E-state index contributed by atoms with van der Waals surface area (Å²) in [6.45, 7) is 1.03. The number of rotatable bonds is 7. The summed E-state index contributed by atoms with van der Waals surface area (Å²) in [5.74, 6) is 1.43. The van der Waals surface area contributed by atoms with Gasteiger partial charge in [0.25, 0.3) is 5.91 Å². The van der Waals surface area contributed by atoms with Gasteiger partial charge in [0.1, 0.15) is 11.3 Å². The van der Waals surface area contributed by atoms with Gasteiger partial charge in [-0.25, -0.2) is 4.52 Å². The topological polar surface area (TPSA) is 58.9 Å². The number of benzene rings is 1. The first-order valence-electron chi connectivity index (χ1n) is 8.28. The Morgan fingerprint density at radius 2 is 2.04 bits per heavy atom. The molecule has 1 aromatic carbocycles. The summed E-state index contributed by atoms with van der Waals surface area (Å²) in [7, 11) is 5.71. The molecule has 2 aromatic heterocycles. The lowest BCUT2D eigenvalue weighted by Gasteiger charge is -2.09. The van der Waals surface area contributed by atoms with Gasteiger partial charge < -0.3 is 15.0 Å². The standard InChI is InChI=1S/C19H22N4O2S/c1-22(2)11-12-26-15-8-6-14(7-9-15)21-19(24)16-13-20-23-10-4-5-17(25-3)18(16)23/h4-10,13H,11-12H2,1-3H3,(H,21,24). The molecule has 0 bridgehead atoms. The number of hydrogen-bond donors (Lipinski definition) is 1. The van der Waals surface area contributed by atoms with E-state index in [2.05, 4.69) is 29.4 Å². The number of hydrogen-bond acceptors (Lipinski definition) is 5. The molecule has 3 aromatic rings. The zero-order chi connectivity index (χ0) is 18.5. The summed E-state index contributed by atoms with van der Waals surface area (Å²) in [5.41, 5.74) is 1.89. The van der Waals surface area contributed by atoms with Gasteiger partial charge in [0.15, 0.2) is 0 Å². The van der Waals surface area contributed by atoms with E-state index in [0.717, 1.165) is 18.0 Å².